The number of anilines is 3. The molecule has 0 bridgehead atoms. The van der Waals surface area contributed by atoms with Crippen LogP contribution in [0.4, 0.5) is 17.2 Å². The van der Waals surface area contributed by atoms with Gasteiger partial charge in [0.25, 0.3) is 5.91 Å². The molecule has 0 unspecified atom stereocenters. The Morgan fingerprint density at radius 3 is 2.76 bits per heavy atom. The fraction of sp³-hybridized carbons (Fsp3) is 0.167. The highest BCUT2D eigenvalue weighted by molar-refractivity contribution is 6.01. The molecular weight excluding hydrogens is 432 g/mol. The van der Waals surface area contributed by atoms with Crippen molar-refractivity contribution < 1.29 is 9.53 Å². The first-order valence-corrected chi connectivity index (χ1v) is 11.0. The number of aromatic nitrogens is 5. The number of hydrogen-bond acceptors (Lipinski definition) is 7. The summed E-state index contributed by atoms with van der Waals surface area (Å²) < 4.78 is 7.14. The van der Waals surface area contributed by atoms with E-state index in [1.165, 1.54) is 0 Å². The van der Waals surface area contributed by atoms with Gasteiger partial charge in [-0.2, -0.15) is 5.10 Å². The summed E-state index contributed by atoms with van der Waals surface area (Å²) in [6, 6.07) is 11.7. The molecule has 4 N–H and O–H groups in total. The predicted octanol–water partition coefficient (Wildman–Crippen LogP) is 2.95. The number of carbonyl (C=O) groups excluding carboxylic acids is 1. The lowest BCUT2D eigenvalue weighted by Crippen LogP contribution is -2.36. The van der Waals surface area contributed by atoms with Crippen LogP contribution in [0.1, 0.15) is 10.5 Å². The van der Waals surface area contributed by atoms with E-state index < -0.39 is 5.91 Å². The van der Waals surface area contributed by atoms with E-state index in [9.17, 15) is 4.79 Å². The highest BCUT2D eigenvalue weighted by Crippen LogP contribution is 2.33. The topological polar surface area (TPSA) is 126 Å². The molecule has 0 saturated carbocycles. The fourth-order valence-electron chi connectivity index (χ4n) is 4.36. The molecule has 10 heteroatoms. The Balaban J connectivity index is 1.42. The van der Waals surface area contributed by atoms with Gasteiger partial charge in [-0.05, 0) is 29.8 Å². The largest absolute Gasteiger partial charge is 0.378 e. The number of nitrogens with two attached hydrogens (primary N) is 1. The van der Waals surface area contributed by atoms with Gasteiger partial charge in [-0.15, -0.1) is 0 Å². The van der Waals surface area contributed by atoms with E-state index in [4.69, 9.17) is 10.5 Å². The van der Waals surface area contributed by atoms with Gasteiger partial charge in [-0.25, -0.2) is 9.97 Å². The molecule has 10 nitrogen and oxygen atoms in total. The standard InChI is InChI=1S/C24H22N8O2/c25-23(33)22-18(15-1-2-16-13-28-30-19(16)11-15)12-20(24-26-5-6-32(22)24)29-21-4-3-17(14-27-21)31-7-9-34-10-8-31/h1-6,11-14H,7-10H2,(H2,25,33)(H,27,29)(H,28,30). The van der Waals surface area contributed by atoms with Gasteiger partial charge in [-0.3, -0.25) is 14.3 Å². The van der Waals surface area contributed by atoms with Gasteiger partial charge in [-0.1, -0.05) is 12.1 Å². The van der Waals surface area contributed by atoms with E-state index in [2.05, 4.69) is 30.4 Å². The minimum atomic E-state index is -0.540. The number of carbonyl (C=O) groups is 1. The fourth-order valence-corrected chi connectivity index (χ4v) is 4.36. The van der Waals surface area contributed by atoms with Gasteiger partial charge in [0.05, 0.1) is 42.5 Å². The first kappa shape index (κ1) is 20.2. The number of fused-ring (bicyclic) bond motifs is 2. The molecule has 5 heterocycles. The van der Waals surface area contributed by atoms with Crippen LogP contribution in [-0.4, -0.2) is 56.8 Å². The summed E-state index contributed by atoms with van der Waals surface area (Å²) in [6.45, 7) is 3.14. The number of pyridine rings is 2. The van der Waals surface area contributed by atoms with Crippen LogP contribution in [0.25, 0.3) is 27.7 Å². The van der Waals surface area contributed by atoms with Crippen molar-refractivity contribution >= 4 is 39.6 Å². The molecule has 0 radical (unpaired) electrons. The van der Waals surface area contributed by atoms with Gasteiger partial charge in [0, 0.05) is 36.4 Å². The molecule has 34 heavy (non-hydrogen) atoms. The molecule has 1 aliphatic heterocycles. The van der Waals surface area contributed by atoms with E-state index in [0.717, 1.165) is 48.5 Å². The number of benzene rings is 1. The zero-order valence-electron chi connectivity index (χ0n) is 18.2. The van der Waals surface area contributed by atoms with Crippen molar-refractivity contribution in [3.05, 3.63) is 66.9 Å². The minimum Gasteiger partial charge on any atom is -0.378 e. The lowest BCUT2D eigenvalue weighted by molar-refractivity contribution is 0.0995. The van der Waals surface area contributed by atoms with Crippen molar-refractivity contribution in [2.45, 2.75) is 0 Å². The number of rotatable bonds is 5. The monoisotopic (exact) mass is 454 g/mol. The number of imidazole rings is 1. The first-order chi connectivity index (χ1) is 16.7. The molecule has 1 saturated heterocycles. The summed E-state index contributed by atoms with van der Waals surface area (Å²) in [5.41, 5.74) is 10.9. The molecule has 1 amide bonds. The lowest BCUT2D eigenvalue weighted by Gasteiger charge is -2.28. The molecule has 4 aromatic heterocycles. The third-order valence-corrected chi connectivity index (χ3v) is 6.04. The van der Waals surface area contributed by atoms with Crippen LogP contribution < -0.4 is 16.0 Å². The maximum Gasteiger partial charge on any atom is 0.266 e. The molecule has 0 aliphatic carbocycles. The molecule has 1 aromatic carbocycles. The van der Waals surface area contributed by atoms with E-state index in [-0.39, 0.29) is 0 Å². The van der Waals surface area contributed by atoms with E-state index in [1.54, 1.807) is 23.0 Å². The summed E-state index contributed by atoms with van der Waals surface area (Å²) >= 11 is 0. The maximum absolute atomic E-state index is 12.5. The summed E-state index contributed by atoms with van der Waals surface area (Å²) in [7, 11) is 0. The van der Waals surface area contributed by atoms with Crippen LogP contribution in [0, 0.1) is 0 Å². The van der Waals surface area contributed by atoms with Crippen molar-refractivity contribution in [2.24, 2.45) is 5.73 Å². The molecule has 0 spiro atoms. The first-order valence-electron chi connectivity index (χ1n) is 11.0. The number of nitrogens with one attached hydrogen (secondary N) is 2. The van der Waals surface area contributed by atoms with Gasteiger partial charge >= 0.3 is 0 Å². The second-order valence-electron chi connectivity index (χ2n) is 8.10. The Morgan fingerprint density at radius 2 is 1.97 bits per heavy atom. The summed E-state index contributed by atoms with van der Waals surface area (Å²) in [4.78, 5) is 23.8. The highest BCUT2D eigenvalue weighted by Gasteiger charge is 2.19. The van der Waals surface area contributed by atoms with Crippen molar-refractivity contribution in [3.63, 3.8) is 0 Å². The Labute approximate surface area is 194 Å². The predicted molar refractivity (Wildman–Crippen MR) is 129 cm³/mol. The smallest absolute Gasteiger partial charge is 0.266 e. The Morgan fingerprint density at radius 1 is 1.09 bits per heavy atom. The van der Waals surface area contributed by atoms with Crippen LogP contribution in [0.3, 0.4) is 0 Å². The van der Waals surface area contributed by atoms with Gasteiger partial charge < -0.3 is 20.7 Å². The van der Waals surface area contributed by atoms with Gasteiger partial charge in [0.1, 0.15) is 11.5 Å². The van der Waals surface area contributed by atoms with Crippen molar-refractivity contribution in [1.82, 2.24) is 24.6 Å². The van der Waals surface area contributed by atoms with Crippen molar-refractivity contribution in [1.29, 1.82) is 0 Å². The SMILES string of the molecule is NC(=O)c1c(-c2ccc3cn[nH]c3c2)cc(Nc2ccc(N3CCOCC3)cn2)c2nccn12. The number of morpholine rings is 1. The zero-order chi connectivity index (χ0) is 23.1. The van der Waals surface area contributed by atoms with Gasteiger partial charge in [0.15, 0.2) is 5.65 Å². The van der Waals surface area contributed by atoms with Gasteiger partial charge in [0.2, 0.25) is 0 Å². The van der Waals surface area contributed by atoms with Crippen LogP contribution in [-0.2, 0) is 4.74 Å². The number of ether oxygens (including phenoxy) is 1. The molecule has 1 aliphatic rings. The molecule has 5 aromatic rings. The third kappa shape index (κ3) is 3.50. The lowest BCUT2D eigenvalue weighted by atomic mass is 10.0. The Bertz CT molecular complexity index is 1500. The average molecular weight is 454 g/mol. The summed E-state index contributed by atoms with van der Waals surface area (Å²) in [6.07, 6.45) is 6.98. The molecule has 170 valence electrons. The number of H-pyrrole nitrogens is 1. The van der Waals surface area contributed by atoms with E-state index >= 15 is 0 Å². The number of hydrogen-bond donors (Lipinski definition) is 3. The van der Waals surface area contributed by atoms with E-state index in [1.807, 2.05) is 42.6 Å². The highest BCUT2D eigenvalue weighted by atomic mass is 16.5. The number of primary amides is 1. The zero-order valence-corrected chi connectivity index (χ0v) is 18.2. The Kier molecular flexibility index (Phi) is 4.84. The summed E-state index contributed by atoms with van der Waals surface area (Å²) in [5, 5.41) is 11.4. The third-order valence-electron chi connectivity index (χ3n) is 6.04. The second kappa shape index (κ2) is 8.16. The Hall–Kier alpha value is -4.44. The van der Waals surface area contributed by atoms with Crippen molar-refractivity contribution in [3.8, 4) is 11.1 Å². The normalized spacial score (nSPS) is 14.1. The minimum absolute atomic E-state index is 0.354. The van der Waals surface area contributed by atoms with Crippen LogP contribution in [0.2, 0.25) is 0 Å². The molecule has 1 fully saturated rings. The second-order valence-corrected chi connectivity index (χ2v) is 8.10. The van der Waals surface area contributed by atoms with Crippen LogP contribution >= 0.6 is 0 Å². The maximum atomic E-state index is 12.5. The molecule has 0 atom stereocenters. The number of amides is 1. The average Bonchev–Trinajstić information content (AvgIpc) is 3.54. The molecular formula is C24H22N8O2. The molecule has 6 rings (SSSR count). The number of nitrogens with zero attached hydrogens (tertiary/aromatic N) is 5. The van der Waals surface area contributed by atoms with Crippen LogP contribution in [0.5, 0.6) is 0 Å². The van der Waals surface area contributed by atoms with E-state index in [0.29, 0.717) is 28.4 Å². The number of aromatic amines is 1. The van der Waals surface area contributed by atoms with Crippen LogP contribution in [0.15, 0.2) is 61.2 Å². The summed E-state index contributed by atoms with van der Waals surface area (Å²) in [5.74, 6) is 0.131. The van der Waals surface area contributed by atoms with Crippen molar-refractivity contribution in [2.75, 3.05) is 36.5 Å². The quantitative estimate of drug-likeness (QED) is 0.373.